The summed E-state index contributed by atoms with van der Waals surface area (Å²) in [4.78, 5) is 1.22. The maximum atomic E-state index is 9.80. The average Bonchev–Trinajstić information content (AvgIpc) is 2.26. The fourth-order valence-electron chi connectivity index (χ4n) is 1.43. The third-order valence-electron chi connectivity index (χ3n) is 2.46. The van der Waals surface area contributed by atoms with Gasteiger partial charge in [-0.2, -0.15) is 0 Å². The second-order valence-corrected chi connectivity index (χ2v) is 5.18. The lowest BCUT2D eigenvalue weighted by Gasteiger charge is -2.11. The Morgan fingerprint density at radius 2 is 2.25 bits per heavy atom. The van der Waals surface area contributed by atoms with E-state index < -0.39 is 0 Å². The first-order chi connectivity index (χ1) is 7.61. The molecule has 0 aromatic heterocycles. The van der Waals surface area contributed by atoms with Gasteiger partial charge in [-0.05, 0) is 31.9 Å². The van der Waals surface area contributed by atoms with Crippen molar-refractivity contribution < 1.29 is 5.11 Å². The van der Waals surface area contributed by atoms with Crippen LogP contribution in [0.5, 0.6) is 0 Å². The fraction of sp³-hybridized carbons (Fsp3) is 0.429. The van der Waals surface area contributed by atoms with Gasteiger partial charge in [-0.25, -0.2) is 0 Å². The molecule has 88 valence electrons. The Balaban J connectivity index is 2.37. The van der Waals surface area contributed by atoms with Gasteiger partial charge >= 0.3 is 0 Å². The number of aliphatic hydroxyl groups excluding tert-OH is 1. The van der Waals surface area contributed by atoms with Gasteiger partial charge in [0.05, 0.1) is 6.10 Å². The normalized spacial score (nSPS) is 12.4. The molecule has 1 nitrogen and oxygen atoms in total. The first-order valence-electron chi connectivity index (χ1n) is 5.66. The van der Waals surface area contributed by atoms with Crippen molar-refractivity contribution in [2.45, 2.75) is 37.7 Å². The molecular weight excluding hydrogens is 216 g/mol. The molecule has 0 aliphatic heterocycles. The van der Waals surface area contributed by atoms with Crippen LogP contribution < -0.4 is 0 Å². The highest BCUT2D eigenvalue weighted by atomic mass is 32.2. The highest BCUT2D eigenvalue weighted by Crippen LogP contribution is 2.21. The van der Waals surface area contributed by atoms with Crippen LogP contribution in [-0.4, -0.2) is 17.0 Å². The minimum atomic E-state index is -0.280. The summed E-state index contributed by atoms with van der Waals surface area (Å²) < 4.78 is 0. The van der Waals surface area contributed by atoms with Gasteiger partial charge in [0, 0.05) is 10.6 Å². The Morgan fingerprint density at radius 3 is 2.88 bits per heavy atom. The number of thioether (sulfide) groups is 1. The summed E-state index contributed by atoms with van der Waals surface area (Å²) >= 11 is 1.70. The number of benzene rings is 1. The molecule has 1 unspecified atom stereocenters. The summed E-state index contributed by atoms with van der Waals surface area (Å²) in [6.07, 6.45) is 1.39. The number of hydrogen-bond donors (Lipinski definition) is 1. The van der Waals surface area contributed by atoms with E-state index in [0.717, 1.165) is 24.2 Å². The van der Waals surface area contributed by atoms with Gasteiger partial charge in [-0.1, -0.05) is 36.8 Å². The number of aliphatic hydroxyl groups is 1. The molecule has 1 atom stereocenters. The molecule has 0 spiro atoms. The van der Waals surface area contributed by atoms with E-state index in [9.17, 15) is 5.11 Å². The molecule has 0 aliphatic carbocycles. The summed E-state index contributed by atoms with van der Waals surface area (Å²) in [5.74, 6) is 0.739. The summed E-state index contributed by atoms with van der Waals surface area (Å²) in [6.45, 7) is 8.07. The zero-order chi connectivity index (χ0) is 12.0. The maximum Gasteiger partial charge on any atom is 0.0671 e. The van der Waals surface area contributed by atoms with Gasteiger partial charge in [0.1, 0.15) is 0 Å². The largest absolute Gasteiger partial charge is 0.392 e. The van der Waals surface area contributed by atoms with Crippen molar-refractivity contribution in [2.75, 3.05) is 5.75 Å². The van der Waals surface area contributed by atoms with E-state index >= 15 is 0 Å². The summed E-state index contributed by atoms with van der Waals surface area (Å²) in [5.41, 5.74) is 2.38. The van der Waals surface area contributed by atoms with E-state index in [1.807, 2.05) is 0 Å². The molecule has 0 amide bonds. The van der Waals surface area contributed by atoms with Crippen molar-refractivity contribution in [3.05, 3.63) is 42.0 Å². The quantitative estimate of drug-likeness (QED) is 0.599. The number of aryl methyl sites for hydroxylation is 1. The van der Waals surface area contributed by atoms with Gasteiger partial charge in [0.15, 0.2) is 0 Å². The van der Waals surface area contributed by atoms with Crippen molar-refractivity contribution in [1.82, 2.24) is 0 Å². The predicted octanol–water partition coefficient (Wildman–Crippen LogP) is 3.80. The van der Waals surface area contributed by atoms with Gasteiger partial charge in [0.25, 0.3) is 0 Å². The van der Waals surface area contributed by atoms with Crippen LogP contribution >= 0.6 is 11.8 Å². The molecule has 1 rings (SSSR count). The number of hydrogen-bond acceptors (Lipinski definition) is 2. The lowest BCUT2D eigenvalue weighted by molar-refractivity contribution is 0.199. The summed E-state index contributed by atoms with van der Waals surface area (Å²) in [6, 6.07) is 8.36. The molecule has 2 heteroatoms. The molecule has 0 fully saturated rings. The highest BCUT2D eigenvalue weighted by Gasteiger charge is 2.06. The van der Waals surface area contributed by atoms with Gasteiger partial charge in [-0.15, -0.1) is 11.8 Å². The van der Waals surface area contributed by atoms with Crippen LogP contribution in [0.1, 0.15) is 25.3 Å². The van der Waals surface area contributed by atoms with E-state index in [1.54, 1.807) is 11.8 Å². The molecule has 1 N–H and O–H groups in total. The predicted molar refractivity (Wildman–Crippen MR) is 72.0 cm³/mol. The molecule has 0 saturated carbocycles. The Labute approximate surface area is 103 Å². The van der Waals surface area contributed by atoms with Crippen LogP contribution in [0.25, 0.3) is 0 Å². The Morgan fingerprint density at radius 1 is 1.50 bits per heavy atom. The molecule has 16 heavy (non-hydrogen) atoms. The molecule has 0 saturated heterocycles. The van der Waals surface area contributed by atoms with Crippen molar-refractivity contribution in [3.63, 3.8) is 0 Å². The monoisotopic (exact) mass is 236 g/mol. The van der Waals surface area contributed by atoms with E-state index in [4.69, 9.17) is 0 Å². The molecule has 0 heterocycles. The smallest absolute Gasteiger partial charge is 0.0671 e. The Kier molecular flexibility index (Phi) is 5.64. The van der Waals surface area contributed by atoms with Crippen molar-refractivity contribution in [2.24, 2.45) is 0 Å². The number of rotatable bonds is 6. The first kappa shape index (κ1) is 13.3. The zero-order valence-electron chi connectivity index (χ0n) is 10.1. The van der Waals surface area contributed by atoms with Gasteiger partial charge in [0.2, 0.25) is 0 Å². The lowest BCUT2D eigenvalue weighted by Crippen LogP contribution is -2.10. The molecule has 1 aromatic carbocycles. The standard InChI is InChI=1S/C14H20OS/c1-4-11(2)8-13(15)10-16-14-7-5-6-12(3)9-14/h5-7,9,13,15H,2,4,8,10H2,1,3H3. The third-order valence-corrected chi connectivity index (χ3v) is 3.59. The van der Waals surface area contributed by atoms with E-state index in [-0.39, 0.29) is 6.10 Å². The van der Waals surface area contributed by atoms with Crippen LogP contribution in [0, 0.1) is 6.92 Å². The van der Waals surface area contributed by atoms with E-state index in [0.29, 0.717) is 0 Å². The second kappa shape index (κ2) is 6.77. The highest BCUT2D eigenvalue weighted by molar-refractivity contribution is 7.99. The van der Waals surface area contributed by atoms with Gasteiger partial charge in [-0.3, -0.25) is 0 Å². The maximum absolute atomic E-state index is 9.80. The average molecular weight is 236 g/mol. The first-order valence-corrected chi connectivity index (χ1v) is 6.64. The Hall–Kier alpha value is -0.730. The molecule has 0 radical (unpaired) electrons. The van der Waals surface area contributed by atoms with Crippen LogP contribution in [0.3, 0.4) is 0 Å². The minimum Gasteiger partial charge on any atom is -0.392 e. The topological polar surface area (TPSA) is 20.2 Å². The SMILES string of the molecule is C=C(CC)CC(O)CSc1cccc(C)c1. The molecule has 1 aromatic rings. The van der Waals surface area contributed by atoms with E-state index in [1.165, 1.54) is 10.5 Å². The van der Waals surface area contributed by atoms with E-state index in [2.05, 4.69) is 44.7 Å². The summed E-state index contributed by atoms with van der Waals surface area (Å²) in [7, 11) is 0. The van der Waals surface area contributed by atoms with Crippen LogP contribution in [0.4, 0.5) is 0 Å². The Bertz CT molecular complexity index is 346. The van der Waals surface area contributed by atoms with Crippen molar-refractivity contribution >= 4 is 11.8 Å². The minimum absolute atomic E-state index is 0.280. The fourth-order valence-corrected chi connectivity index (χ4v) is 2.38. The molecular formula is C14H20OS. The van der Waals surface area contributed by atoms with Gasteiger partial charge < -0.3 is 5.11 Å². The zero-order valence-corrected chi connectivity index (χ0v) is 10.9. The molecule has 0 aliphatic rings. The van der Waals surface area contributed by atoms with Crippen LogP contribution in [-0.2, 0) is 0 Å². The summed E-state index contributed by atoms with van der Waals surface area (Å²) in [5, 5.41) is 9.80. The van der Waals surface area contributed by atoms with Crippen LogP contribution in [0.2, 0.25) is 0 Å². The van der Waals surface area contributed by atoms with Crippen LogP contribution in [0.15, 0.2) is 41.3 Å². The molecule has 0 bridgehead atoms. The van der Waals surface area contributed by atoms with Crippen molar-refractivity contribution in [3.8, 4) is 0 Å². The van der Waals surface area contributed by atoms with Crippen molar-refractivity contribution in [1.29, 1.82) is 0 Å². The third kappa shape index (κ3) is 4.86. The second-order valence-electron chi connectivity index (χ2n) is 4.09. The lowest BCUT2D eigenvalue weighted by atomic mass is 10.1.